The van der Waals surface area contributed by atoms with Crippen LogP contribution in [0, 0.1) is 0 Å². The molecule has 0 radical (unpaired) electrons. The van der Waals surface area contributed by atoms with E-state index in [0.29, 0.717) is 26.2 Å². The number of H-pyrrole nitrogens is 1. The third kappa shape index (κ3) is 3.19. The smallest absolute Gasteiger partial charge is 0.254 e. The molecular formula is C17H19N3O4. The Morgan fingerprint density at radius 2 is 1.88 bits per heavy atom. The minimum absolute atomic E-state index is 0.196. The monoisotopic (exact) mass is 329 g/mol. The molecule has 1 amide bonds. The number of piperazine rings is 1. The number of benzene rings is 1. The van der Waals surface area contributed by atoms with Gasteiger partial charge in [-0.15, -0.1) is 0 Å². The first-order valence-corrected chi connectivity index (χ1v) is 7.69. The van der Waals surface area contributed by atoms with Gasteiger partial charge in [-0.1, -0.05) is 12.1 Å². The number of nitrogens with one attached hydrogen (secondary N) is 1. The summed E-state index contributed by atoms with van der Waals surface area (Å²) in [6.45, 7) is 2.40. The first kappa shape index (κ1) is 15.9. The second-order valence-electron chi connectivity index (χ2n) is 5.57. The van der Waals surface area contributed by atoms with Crippen molar-refractivity contribution in [1.29, 1.82) is 0 Å². The molecule has 126 valence electrons. The Morgan fingerprint density at radius 3 is 2.54 bits per heavy atom. The summed E-state index contributed by atoms with van der Waals surface area (Å²) in [6.07, 6.45) is 0. The SMILES string of the molecule is COc1ccccc1N1CCN(C(=O)c2cc(O)[nH]c(=O)c2)CC1. The zero-order valence-corrected chi connectivity index (χ0v) is 13.4. The van der Waals surface area contributed by atoms with Crippen LogP contribution in [0.5, 0.6) is 11.6 Å². The molecule has 0 unspecified atom stereocenters. The maximum Gasteiger partial charge on any atom is 0.254 e. The van der Waals surface area contributed by atoms with E-state index in [2.05, 4.69) is 9.88 Å². The largest absolute Gasteiger partial charge is 0.495 e. The summed E-state index contributed by atoms with van der Waals surface area (Å²) in [5.41, 5.74) is 0.703. The lowest BCUT2D eigenvalue weighted by Crippen LogP contribution is -2.49. The van der Waals surface area contributed by atoms with Gasteiger partial charge in [-0.2, -0.15) is 0 Å². The van der Waals surface area contributed by atoms with Gasteiger partial charge in [0.2, 0.25) is 0 Å². The van der Waals surface area contributed by atoms with E-state index >= 15 is 0 Å². The predicted octanol–water partition coefficient (Wildman–Crippen LogP) is 1.05. The number of para-hydroxylation sites is 2. The highest BCUT2D eigenvalue weighted by molar-refractivity contribution is 5.94. The Labute approximate surface area is 139 Å². The Bertz CT molecular complexity index is 794. The van der Waals surface area contributed by atoms with E-state index in [0.717, 1.165) is 11.4 Å². The number of anilines is 1. The van der Waals surface area contributed by atoms with Crippen LogP contribution in [0.15, 0.2) is 41.2 Å². The van der Waals surface area contributed by atoms with Crippen molar-refractivity contribution in [3.05, 3.63) is 52.3 Å². The third-order valence-corrected chi connectivity index (χ3v) is 4.07. The Kier molecular flexibility index (Phi) is 4.41. The second-order valence-corrected chi connectivity index (χ2v) is 5.57. The van der Waals surface area contributed by atoms with E-state index in [4.69, 9.17) is 4.74 Å². The fraction of sp³-hybridized carbons (Fsp3) is 0.294. The summed E-state index contributed by atoms with van der Waals surface area (Å²) in [6, 6.07) is 10.2. The molecule has 1 saturated heterocycles. The molecule has 1 aromatic carbocycles. The molecule has 2 heterocycles. The van der Waals surface area contributed by atoms with Crippen molar-refractivity contribution in [1.82, 2.24) is 9.88 Å². The number of carbonyl (C=O) groups excluding carboxylic acids is 1. The van der Waals surface area contributed by atoms with Crippen molar-refractivity contribution >= 4 is 11.6 Å². The van der Waals surface area contributed by atoms with Crippen LogP contribution >= 0.6 is 0 Å². The number of hydrogen-bond acceptors (Lipinski definition) is 5. The molecule has 1 aliphatic heterocycles. The van der Waals surface area contributed by atoms with Crippen LogP contribution in [0.25, 0.3) is 0 Å². The first-order valence-electron chi connectivity index (χ1n) is 7.69. The van der Waals surface area contributed by atoms with E-state index in [1.54, 1.807) is 12.0 Å². The molecule has 1 aliphatic rings. The number of aromatic hydroxyl groups is 1. The summed E-state index contributed by atoms with van der Waals surface area (Å²) >= 11 is 0. The first-order chi connectivity index (χ1) is 11.6. The molecule has 0 atom stereocenters. The predicted molar refractivity (Wildman–Crippen MR) is 89.8 cm³/mol. The lowest BCUT2D eigenvalue weighted by Gasteiger charge is -2.36. The molecule has 7 nitrogen and oxygen atoms in total. The summed E-state index contributed by atoms with van der Waals surface area (Å²) in [4.78, 5) is 29.9. The maximum absolute atomic E-state index is 12.5. The maximum atomic E-state index is 12.5. The van der Waals surface area contributed by atoms with E-state index in [1.165, 1.54) is 12.1 Å². The van der Waals surface area contributed by atoms with Gasteiger partial charge in [0.1, 0.15) is 5.75 Å². The van der Waals surface area contributed by atoms with Gasteiger partial charge in [-0.3, -0.25) is 14.6 Å². The van der Waals surface area contributed by atoms with E-state index in [1.807, 2.05) is 24.3 Å². The van der Waals surface area contributed by atoms with Crippen molar-refractivity contribution in [3.63, 3.8) is 0 Å². The lowest BCUT2D eigenvalue weighted by atomic mass is 10.2. The number of aromatic nitrogens is 1. The quantitative estimate of drug-likeness (QED) is 0.879. The summed E-state index contributed by atoms with van der Waals surface area (Å²) < 4.78 is 5.38. The zero-order chi connectivity index (χ0) is 17.1. The molecule has 1 fully saturated rings. The summed E-state index contributed by atoms with van der Waals surface area (Å²) in [5.74, 6) is 0.242. The summed E-state index contributed by atoms with van der Waals surface area (Å²) in [5, 5.41) is 9.44. The van der Waals surface area contributed by atoms with Crippen LogP contribution in [0.2, 0.25) is 0 Å². The van der Waals surface area contributed by atoms with Crippen LogP contribution in [-0.2, 0) is 0 Å². The van der Waals surface area contributed by atoms with Crippen LogP contribution in [0.4, 0.5) is 5.69 Å². The number of amides is 1. The highest BCUT2D eigenvalue weighted by Gasteiger charge is 2.24. The van der Waals surface area contributed by atoms with Crippen LogP contribution < -0.4 is 15.2 Å². The second kappa shape index (κ2) is 6.66. The van der Waals surface area contributed by atoms with Gasteiger partial charge in [0.15, 0.2) is 5.88 Å². The number of ether oxygens (including phenoxy) is 1. The fourth-order valence-electron chi connectivity index (χ4n) is 2.88. The average molecular weight is 329 g/mol. The standard InChI is InChI=1S/C17H19N3O4/c1-24-14-5-3-2-4-13(14)19-6-8-20(9-7-19)17(23)12-10-15(21)18-16(22)11-12/h2-5,10-11H,6-9H2,1H3,(H2,18,21,22). The number of nitrogens with zero attached hydrogens (tertiary/aromatic N) is 2. The number of hydrogen-bond donors (Lipinski definition) is 2. The third-order valence-electron chi connectivity index (χ3n) is 4.07. The normalized spacial score (nSPS) is 14.5. The molecule has 7 heteroatoms. The van der Waals surface area contributed by atoms with Gasteiger partial charge < -0.3 is 19.6 Å². The van der Waals surface area contributed by atoms with Crippen molar-refractivity contribution in [2.45, 2.75) is 0 Å². The number of methoxy groups -OCH3 is 1. The van der Waals surface area contributed by atoms with Crippen LogP contribution in [0.3, 0.4) is 0 Å². The van der Waals surface area contributed by atoms with Gasteiger partial charge in [-0.05, 0) is 12.1 Å². The molecule has 1 aromatic heterocycles. The van der Waals surface area contributed by atoms with Crippen LogP contribution in [0.1, 0.15) is 10.4 Å². The molecule has 0 aliphatic carbocycles. The summed E-state index contributed by atoms with van der Waals surface area (Å²) in [7, 11) is 1.64. The van der Waals surface area contributed by atoms with Crippen molar-refractivity contribution < 1.29 is 14.6 Å². The average Bonchev–Trinajstić information content (AvgIpc) is 2.60. The number of rotatable bonds is 3. The van der Waals surface area contributed by atoms with E-state index in [-0.39, 0.29) is 17.4 Å². The van der Waals surface area contributed by atoms with Crippen molar-refractivity contribution in [2.24, 2.45) is 0 Å². The lowest BCUT2D eigenvalue weighted by molar-refractivity contribution is 0.0746. The number of carbonyl (C=O) groups is 1. The molecule has 3 rings (SSSR count). The van der Waals surface area contributed by atoms with Gasteiger partial charge in [-0.25, -0.2) is 0 Å². The fourth-order valence-corrected chi connectivity index (χ4v) is 2.88. The van der Waals surface area contributed by atoms with Crippen molar-refractivity contribution in [3.8, 4) is 11.6 Å². The minimum Gasteiger partial charge on any atom is -0.495 e. The molecular weight excluding hydrogens is 310 g/mol. The van der Waals surface area contributed by atoms with Gasteiger partial charge in [0.25, 0.3) is 11.5 Å². The van der Waals surface area contributed by atoms with E-state index < -0.39 is 5.56 Å². The Hall–Kier alpha value is -2.96. The molecule has 2 N–H and O–H groups in total. The molecule has 0 bridgehead atoms. The number of aromatic amines is 1. The number of pyridine rings is 1. The van der Waals surface area contributed by atoms with Gasteiger partial charge >= 0.3 is 0 Å². The molecule has 0 spiro atoms. The highest BCUT2D eigenvalue weighted by atomic mass is 16.5. The Morgan fingerprint density at radius 1 is 1.17 bits per heavy atom. The minimum atomic E-state index is -0.494. The molecule has 24 heavy (non-hydrogen) atoms. The van der Waals surface area contributed by atoms with E-state index in [9.17, 15) is 14.7 Å². The van der Waals surface area contributed by atoms with Crippen LogP contribution in [-0.4, -0.2) is 54.2 Å². The molecule has 2 aromatic rings. The van der Waals surface area contributed by atoms with Crippen molar-refractivity contribution in [2.75, 3.05) is 38.2 Å². The topological polar surface area (TPSA) is 85.9 Å². The Balaban J connectivity index is 1.70. The van der Waals surface area contributed by atoms with Gasteiger partial charge in [0, 0.05) is 38.3 Å². The highest BCUT2D eigenvalue weighted by Crippen LogP contribution is 2.28. The molecule has 0 saturated carbocycles. The zero-order valence-electron chi connectivity index (χ0n) is 13.4. The van der Waals surface area contributed by atoms with Gasteiger partial charge in [0.05, 0.1) is 18.4 Å².